The number of rotatable bonds is 6. The molecule has 0 fully saturated rings. The standard InChI is InChI=1S/C15H28N2/c1-7-16-9-15(10-17-8-2)13(5)11(3)12(4)14(15)6/h16-17H,7-10H2,1-6H3. The third-order valence-corrected chi connectivity index (χ3v) is 4.48. The second kappa shape index (κ2) is 5.83. The molecule has 0 amide bonds. The van der Waals surface area contributed by atoms with Gasteiger partial charge < -0.3 is 10.6 Å². The van der Waals surface area contributed by atoms with E-state index in [4.69, 9.17) is 0 Å². The van der Waals surface area contributed by atoms with Gasteiger partial charge in [0.2, 0.25) is 0 Å². The maximum Gasteiger partial charge on any atom is 0.0376 e. The molecule has 2 heteroatoms. The third-order valence-electron chi connectivity index (χ3n) is 4.48. The highest BCUT2D eigenvalue weighted by Gasteiger charge is 2.39. The first kappa shape index (κ1) is 14.5. The van der Waals surface area contributed by atoms with E-state index < -0.39 is 0 Å². The summed E-state index contributed by atoms with van der Waals surface area (Å²) in [5.74, 6) is 0. The van der Waals surface area contributed by atoms with Crippen molar-refractivity contribution in [2.75, 3.05) is 26.2 Å². The van der Waals surface area contributed by atoms with Gasteiger partial charge in [-0.3, -0.25) is 0 Å². The van der Waals surface area contributed by atoms with Crippen molar-refractivity contribution >= 4 is 0 Å². The predicted octanol–water partition coefficient (Wildman–Crippen LogP) is 2.88. The fraction of sp³-hybridized carbons (Fsp3) is 0.733. The molecule has 0 radical (unpaired) electrons. The molecule has 1 aliphatic carbocycles. The summed E-state index contributed by atoms with van der Waals surface area (Å²) in [6.07, 6.45) is 0. The number of nitrogens with one attached hydrogen (secondary N) is 2. The van der Waals surface area contributed by atoms with Gasteiger partial charge in [0, 0.05) is 18.5 Å². The Morgan fingerprint density at radius 3 is 1.41 bits per heavy atom. The summed E-state index contributed by atoms with van der Waals surface area (Å²) in [5, 5.41) is 7.07. The minimum absolute atomic E-state index is 0.195. The van der Waals surface area contributed by atoms with Gasteiger partial charge in [-0.1, -0.05) is 25.0 Å². The van der Waals surface area contributed by atoms with Gasteiger partial charge in [-0.05, 0) is 51.9 Å². The van der Waals surface area contributed by atoms with Crippen LogP contribution in [0.15, 0.2) is 22.3 Å². The van der Waals surface area contributed by atoms with Gasteiger partial charge in [0.05, 0.1) is 0 Å². The highest BCUT2D eigenvalue weighted by Crippen LogP contribution is 2.45. The first-order valence-corrected chi connectivity index (χ1v) is 6.79. The first-order chi connectivity index (χ1) is 8.01. The van der Waals surface area contributed by atoms with Crippen LogP contribution in [0.1, 0.15) is 41.5 Å². The van der Waals surface area contributed by atoms with Crippen LogP contribution in [0.2, 0.25) is 0 Å². The monoisotopic (exact) mass is 236 g/mol. The third kappa shape index (κ3) is 2.48. The summed E-state index contributed by atoms with van der Waals surface area (Å²) in [6, 6.07) is 0. The Kier molecular flexibility index (Phi) is 4.96. The highest BCUT2D eigenvalue weighted by atomic mass is 14.9. The minimum atomic E-state index is 0.195. The SMILES string of the molecule is CCNCC1(CNCC)C(C)=C(C)C(C)=C1C. The molecule has 0 aliphatic heterocycles. The summed E-state index contributed by atoms with van der Waals surface area (Å²) in [7, 11) is 0. The zero-order valence-corrected chi connectivity index (χ0v) is 12.3. The van der Waals surface area contributed by atoms with Crippen molar-refractivity contribution in [1.82, 2.24) is 10.6 Å². The lowest BCUT2D eigenvalue weighted by Crippen LogP contribution is -2.43. The molecule has 1 aliphatic rings. The Morgan fingerprint density at radius 1 is 0.765 bits per heavy atom. The number of hydrogen-bond acceptors (Lipinski definition) is 2. The Hall–Kier alpha value is -0.600. The molecule has 0 spiro atoms. The Balaban J connectivity index is 3.05. The molecule has 2 nitrogen and oxygen atoms in total. The second-order valence-electron chi connectivity index (χ2n) is 5.14. The predicted molar refractivity (Wildman–Crippen MR) is 76.3 cm³/mol. The molecule has 0 saturated carbocycles. The van der Waals surface area contributed by atoms with Crippen LogP contribution < -0.4 is 10.6 Å². The Bertz CT molecular complexity index is 303. The van der Waals surface area contributed by atoms with E-state index in [1.807, 2.05) is 0 Å². The van der Waals surface area contributed by atoms with Crippen molar-refractivity contribution in [2.24, 2.45) is 5.41 Å². The Morgan fingerprint density at radius 2 is 1.12 bits per heavy atom. The van der Waals surface area contributed by atoms with Crippen LogP contribution in [0.5, 0.6) is 0 Å². The van der Waals surface area contributed by atoms with Crippen molar-refractivity contribution in [3.63, 3.8) is 0 Å². The van der Waals surface area contributed by atoms with Crippen LogP contribution in [0.4, 0.5) is 0 Å². The van der Waals surface area contributed by atoms with Gasteiger partial charge in [0.1, 0.15) is 0 Å². The number of allylic oxidation sites excluding steroid dienone is 2. The van der Waals surface area contributed by atoms with E-state index in [0.717, 1.165) is 26.2 Å². The molecule has 0 aromatic heterocycles. The second-order valence-corrected chi connectivity index (χ2v) is 5.14. The topological polar surface area (TPSA) is 24.1 Å². The molecule has 0 heterocycles. The van der Waals surface area contributed by atoms with E-state index in [9.17, 15) is 0 Å². The van der Waals surface area contributed by atoms with Crippen LogP contribution in [0.25, 0.3) is 0 Å². The Labute approximate surface area is 107 Å². The molecular weight excluding hydrogens is 208 g/mol. The number of hydrogen-bond donors (Lipinski definition) is 2. The molecule has 0 bridgehead atoms. The van der Waals surface area contributed by atoms with Crippen molar-refractivity contribution in [3.05, 3.63) is 22.3 Å². The van der Waals surface area contributed by atoms with Gasteiger partial charge in [-0.25, -0.2) is 0 Å². The van der Waals surface area contributed by atoms with Gasteiger partial charge in [-0.2, -0.15) is 0 Å². The summed E-state index contributed by atoms with van der Waals surface area (Å²) in [4.78, 5) is 0. The fourth-order valence-electron chi connectivity index (χ4n) is 2.83. The lowest BCUT2D eigenvalue weighted by Gasteiger charge is -2.34. The van der Waals surface area contributed by atoms with Crippen LogP contribution in [-0.2, 0) is 0 Å². The van der Waals surface area contributed by atoms with Crippen molar-refractivity contribution in [3.8, 4) is 0 Å². The minimum Gasteiger partial charge on any atom is -0.316 e. The summed E-state index contributed by atoms with van der Waals surface area (Å²) in [6.45, 7) is 17.6. The van der Waals surface area contributed by atoms with Gasteiger partial charge in [-0.15, -0.1) is 0 Å². The van der Waals surface area contributed by atoms with Crippen LogP contribution in [-0.4, -0.2) is 26.2 Å². The first-order valence-electron chi connectivity index (χ1n) is 6.79. The van der Waals surface area contributed by atoms with Crippen molar-refractivity contribution in [1.29, 1.82) is 0 Å². The lowest BCUT2D eigenvalue weighted by molar-refractivity contribution is 0.381. The van der Waals surface area contributed by atoms with E-state index in [1.54, 1.807) is 0 Å². The van der Waals surface area contributed by atoms with Gasteiger partial charge in [0.25, 0.3) is 0 Å². The molecular formula is C15H28N2. The van der Waals surface area contributed by atoms with E-state index >= 15 is 0 Å². The average molecular weight is 236 g/mol. The van der Waals surface area contributed by atoms with E-state index in [0.29, 0.717) is 0 Å². The van der Waals surface area contributed by atoms with Crippen LogP contribution in [0.3, 0.4) is 0 Å². The summed E-state index contributed by atoms with van der Waals surface area (Å²) in [5.41, 5.74) is 6.24. The normalized spacial score (nSPS) is 19.4. The largest absolute Gasteiger partial charge is 0.316 e. The quantitative estimate of drug-likeness (QED) is 0.741. The van der Waals surface area contributed by atoms with Gasteiger partial charge >= 0.3 is 0 Å². The molecule has 0 saturated heterocycles. The molecule has 98 valence electrons. The molecule has 0 unspecified atom stereocenters. The fourth-order valence-corrected chi connectivity index (χ4v) is 2.83. The molecule has 0 aromatic rings. The molecule has 0 aromatic carbocycles. The van der Waals surface area contributed by atoms with Crippen LogP contribution in [0, 0.1) is 5.41 Å². The molecule has 0 atom stereocenters. The van der Waals surface area contributed by atoms with E-state index in [2.05, 4.69) is 52.2 Å². The lowest BCUT2D eigenvalue weighted by atomic mass is 9.77. The van der Waals surface area contributed by atoms with E-state index in [-0.39, 0.29) is 5.41 Å². The smallest absolute Gasteiger partial charge is 0.0376 e. The van der Waals surface area contributed by atoms with Gasteiger partial charge in [0.15, 0.2) is 0 Å². The maximum atomic E-state index is 3.53. The summed E-state index contributed by atoms with van der Waals surface area (Å²) < 4.78 is 0. The maximum absolute atomic E-state index is 3.53. The summed E-state index contributed by atoms with van der Waals surface area (Å²) >= 11 is 0. The van der Waals surface area contributed by atoms with Crippen molar-refractivity contribution in [2.45, 2.75) is 41.5 Å². The van der Waals surface area contributed by atoms with Crippen LogP contribution >= 0.6 is 0 Å². The van der Waals surface area contributed by atoms with Crippen molar-refractivity contribution < 1.29 is 0 Å². The zero-order chi connectivity index (χ0) is 13.1. The molecule has 1 rings (SSSR count). The zero-order valence-electron chi connectivity index (χ0n) is 12.3. The molecule has 2 N–H and O–H groups in total. The molecule has 17 heavy (non-hydrogen) atoms. The van der Waals surface area contributed by atoms with E-state index in [1.165, 1.54) is 22.3 Å². The highest BCUT2D eigenvalue weighted by molar-refractivity contribution is 5.51. The average Bonchev–Trinajstić information content (AvgIpc) is 2.49.